The van der Waals surface area contributed by atoms with Crippen molar-refractivity contribution in [3.05, 3.63) is 36.2 Å². The van der Waals surface area contributed by atoms with Gasteiger partial charge in [0.1, 0.15) is 5.75 Å². The molecule has 3 heteroatoms. The van der Waals surface area contributed by atoms with E-state index in [1.165, 1.54) is 29.5 Å². The summed E-state index contributed by atoms with van der Waals surface area (Å²) in [5, 5.41) is 4.46. The smallest absolute Gasteiger partial charge is 0.130 e. The molecule has 0 atom stereocenters. The zero-order valence-electron chi connectivity index (χ0n) is 10.3. The van der Waals surface area contributed by atoms with Crippen molar-refractivity contribution in [3.63, 3.8) is 0 Å². The van der Waals surface area contributed by atoms with Crippen LogP contribution in [0.3, 0.4) is 0 Å². The van der Waals surface area contributed by atoms with Crippen LogP contribution in [0.1, 0.15) is 18.4 Å². The van der Waals surface area contributed by atoms with Crippen LogP contribution in [0.5, 0.6) is 5.75 Å². The van der Waals surface area contributed by atoms with E-state index in [1.54, 1.807) is 0 Å². The van der Waals surface area contributed by atoms with Gasteiger partial charge < -0.3 is 4.74 Å². The lowest BCUT2D eigenvalue weighted by atomic mass is 10.0. The third kappa shape index (κ3) is 1.70. The van der Waals surface area contributed by atoms with E-state index in [0.717, 1.165) is 31.2 Å². The van der Waals surface area contributed by atoms with Gasteiger partial charge in [-0.15, -0.1) is 0 Å². The molecular formula is C15H16N2O. The normalized spacial score (nSPS) is 17.6. The SMILES string of the molecule is c1cc2c(c(-c3cnn(CC4CC4)c3)c1)OCC2. The van der Waals surface area contributed by atoms with Gasteiger partial charge in [0.2, 0.25) is 0 Å². The van der Waals surface area contributed by atoms with Crippen molar-refractivity contribution in [2.24, 2.45) is 5.92 Å². The van der Waals surface area contributed by atoms with Gasteiger partial charge in [0.15, 0.2) is 0 Å². The third-order valence-electron chi connectivity index (χ3n) is 3.80. The molecule has 92 valence electrons. The molecule has 2 heterocycles. The first kappa shape index (κ1) is 10.2. The van der Waals surface area contributed by atoms with Gasteiger partial charge in [-0.3, -0.25) is 4.68 Å². The standard InChI is InChI=1S/C15H16N2O/c1-2-12-6-7-18-15(12)14(3-1)13-8-16-17(10-13)9-11-4-5-11/h1-3,8,10-11H,4-7,9H2. The van der Waals surface area contributed by atoms with Crippen LogP contribution in [0.2, 0.25) is 0 Å². The van der Waals surface area contributed by atoms with E-state index < -0.39 is 0 Å². The van der Waals surface area contributed by atoms with Crippen molar-refractivity contribution < 1.29 is 4.74 Å². The second-order valence-corrected chi connectivity index (χ2v) is 5.29. The fourth-order valence-electron chi connectivity index (χ4n) is 2.61. The molecule has 2 aliphatic rings. The lowest BCUT2D eigenvalue weighted by Gasteiger charge is -2.05. The van der Waals surface area contributed by atoms with Gasteiger partial charge in [0.05, 0.1) is 12.8 Å². The second-order valence-electron chi connectivity index (χ2n) is 5.29. The summed E-state index contributed by atoms with van der Waals surface area (Å²) in [6.07, 6.45) is 7.85. The number of rotatable bonds is 3. The molecule has 0 N–H and O–H groups in total. The Bertz CT molecular complexity index is 584. The maximum absolute atomic E-state index is 5.75. The molecule has 1 fully saturated rings. The van der Waals surface area contributed by atoms with Crippen LogP contribution in [0, 0.1) is 5.92 Å². The predicted octanol–water partition coefficient (Wildman–Crippen LogP) is 2.90. The van der Waals surface area contributed by atoms with Crippen molar-refractivity contribution in [1.29, 1.82) is 0 Å². The molecule has 18 heavy (non-hydrogen) atoms. The number of aromatic nitrogens is 2. The van der Waals surface area contributed by atoms with Gasteiger partial charge in [-0.1, -0.05) is 18.2 Å². The number of ether oxygens (including phenoxy) is 1. The van der Waals surface area contributed by atoms with Gasteiger partial charge in [0.25, 0.3) is 0 Å². The average Bonchev–Trinajstić information content (AvgIpc) is 2.91. The summed E-state index contributed by atoms with van der Waals surface area (Å²) in [6, 6.07) is 6.39. The Kier molecular flexibility index (Phi) is 2.19. The maximum atomic E-state index is 5.75. The Balaban J connectivity index is 1.69. The van der Waals surface area contributed by atoms with Crippen LogP contribution >= 0.6 is 0 Å². The zero-order chi connectivity index (χ0) is 11.9. The minimum Gasteiger partial charge on any atom is -0.492 e. The van der Waals surface area contributed by atoms with E-state index in [2.05, 4.69) is 34.2 Å². The number of benzene rings is 1. The molecule has 1 aliphatic carbocycles. The molecule has 3 nitrogen and oxygen atoms in total. The molecule has 2 aromatic rings. The lowest BCUT2D eigenvalue weighted by molar-refractivity contribution is 0.358. The van der Waals surface area contributed by atoms with Crippen LogP contribution in [-0.4, -0.2) is 16.4 Å². The monoisotopic (exact) mass is 240 g/mol. The molecule has 0 amide bonds. The fourth-order valence-corrected chi connectivity index (χ4v) is 2.61. The van der Waals surface area contributed by atoms with E-state index in [9.17, 15) is 0 Å². The zero-order valence-corrected chi connectivity index (χ0v) is 10.3. The molecule has 4 rings (SSSR count). The molecule has 0 spiro atoms. The summed E-state index contributed by atoms with van der Waals surface area (Å²) < 4.78 is 7.82. The largest absolute Gasteiger partial charge is 0.492 e. The fraction of sp³-hybridized carbons (Fsp3) is 0.400. The molecule has 0 radical (unpaired) electrons. The molecule has 1 aromatic carbocycles. The molecule has 0 saturated heterocycles. The van der Waals surface area contributed by atoms with Gasteiger partial charge in [-0.05, 0) is 24.3 Å². The first-order valence-corrected chi connectivity index (χ1v) is 6.68. The molecule has 1 aliphatic heterocycles. The Morgan fingerprint density at radius 3 is 3.17 bits per heavy atom. The summed E-state index contributed by atoms with van der Waals surface area (Å²) in [4.78, 5) is 0. The van der Waals surface area contributed by atoms with Crippen molar-refractivity contribution in [2.75, 3.05) is 6.61 Å². The lowest BCUT2D eigenvalue weighted by Crippen LogP contribution is -1.99. The highest BCUT2D eigenvalue weighted by molar-refractivity contribution is 5.71. The van der Waals surface area contributed by atoms with Gasteiger partial charge in [-0.2, -0.15) is 5.10 Å². The van der Waals surface area contributed by atoms with E-state index >= 15 is 0 Å². The van der Waals surface area contributed by atoms with E-state index in [-0.39, 0.29) is 0 Å². The van der Waals surface area contributed by atoms with Crippen molar-refractivity contribution in [3.8, 4) is 16.9 Å². The van der Waals surface area contributed by atoms with E-state index in [1.807, 2.05) is 6.20 Å². The Hall–Kier alpha value is -1.77. The second kappa shape index (κ2) is 3.87. The first-order chi connectivity index (χ1) is 8.90. The average molecular weight is 240 g/mol. The molecule has 0 bridgehead atoms. The van der Waals surface area contributed by atoms with Crippen LogP contribution in [0.25, 0.3) is 11.1 Å². The number of hydrogen-bond acceptors (Lipinski definition) is 2. The predicted molar refractivity (Wildman–Crippen MR) is 69.6 cm³/mol. The highest BCUT2D eigenvalue weighted by atomic mass is 16.5. The van der Waals surface area contributed by atoms with Crippen molar-refractivity contribution >= 4 is 0 Å². The number of fused-ring (bicyclic) bond motifs is 1. The third-order valence-corrected chi connectivity index (χ3v) is 3.80. The van der Waals surface area contributed by atoms with Crippen LogP contribution in [0.15, 0.2) is 30.6 Å². The Morgan fingerprint density at radius 1 is 1.33 bits per heavy atom. The maximum Gasteiger partial charge on any atom is 0.130 e. The summed E-state index contributed by atoms with van der Waals surface area (Å²) in [7, 11) is 0. The van der Waals surface area contributed by atoms with E-state index in [0.29, 0.717) is 0 Å². The van der Waals surface area contributed by atoms with Crippen LogP contribution in [0.4, 0.5) is 0 Å². The van der Waals surface area contributed by atoms with Crippen LogP contribution < -0.4 is 4.74 Å². The molecule has 1 saturated carbocycles. The number of nitrogens with zero attached hydrogens (tertiary/aromatic N) is 2. The van der Waals surface area contributed by atoms with Crippen LogP contribution in [-0.2, 0) is 13.0 Å². The highest BCUT2D eigenvalue weighted by Gasteiger charge is 2.23. The Morgan fingerprint density at radius 2 is 2.28 bits per heavy atom. The quantitative estimate of drug-likeness (QED) is 0.824. The minimum absolute atomic E-state index is 0.808. The van der Waals surface area contributed by atoms with Gasteiger partial charge >= 0.3 is 0 Å². The summed E-state index contributed by atoms with van der Waals surface area (Å²) in [5.74, 6) is 1.92. The van der Waals surface area contributed by atoms with Crippen molar-refractivity contribution in [1.82, 2.24) is 9.78 Å². The molecular weight excluding hydrogens is 224 g/mol. The molecule has 1 aromatic heterocycles. The highest BCUT2D eigenvalue weighted by Crippen LogP contribution is 2.37. The topological polar surface area (TPSA) is 27.1 Å². The number of hydrogen-bond donors (Lipinski definition) is 0. The summed E-state index contributed by atoms with van der Waals surface area (Å²) >= 11 is 0. The Labute approximate surface area is 106 Å². The van der Waals surface area contributed by atoms with Gasteiger partial charge in [0, 0.05) is 30.3 Å². The summed E-state index contributed by atoms with van der Waals surface area (Å²) in [6.45, 7) is 1.87. The first-order valence-electron chi connectivity index (χ1n) is 6.68. The molecule has 0 unspecified atom stereocenters. The van der Waals surface area contributed by atoms with Crippen molar-refractivity contribution in [2.45, 2.75) is 25.8 Å². The minimum atomic E-state index is 0.808. The summed E-state index contributed by atoms with van der Waals surface area (Å²) in [5.41, 5.74) is 3.68. The van der Waals surface area contributed by atoms with Gasteiger partial charge in [-0.25, -0.2) is 0 Å². The number of para-hydroxylation sites is 1. The van der Waals surface area contributed by atoms with E-state index in [4.69, 9.17) is 4.74 Å².